The minimum Gasteiger partial charge on any atom is -0.207 e. The minimum atomic E-state index is -0.404. The quantitative estimate of drug-likeness (QED) is 0.446. The predicted octanol–water partition coefficient (Wildman–Crippen LogP) is 8.34. The highest BCUT2D eigenvalue weighted by Gasteiger charge is 2.35. The molecule has 4 rings (SSSR count). The van der Waals surface area contributed by atoms with Crippen LogP contribution in [0.4, 0.5) is 8.78 Å². The van der Waals surface area contributed by atoms with Crippen LogP contribution in [0.25, 0.3) is 10.8 Å². The van der Waals surface area contributed by atoms with Gasteiger partial charge in [-0.05, 0) is 92.6 Å². The van der Waals surface area contributed by atoms with E-state index in [1.807, 2.05) is 25.1 Å². The Balaban J connectivity index is 1.54. The van der Waals surface area contributed by atoms with Gasteiger partial charge in [0.05, 0.1) is 0 Å². The average Bonchev–Trinajstić information content (AvgIpc) is 2.75. The molecule has 2 aliphatic rings. The van der Waals surface area contributed by atoms with E-state index in [1.165, 1.54) is 50.5 Å². The van der Waals surface area contributed by atoms with Gasteiger partial charge in [0, 0.05) is 10.9 Å². The first-order chi connectivity index (χ1) is 14.1. The van der Waals surface area contributed by atoms with Gasteiger partial charge in [-0.1, -0.05) is 50.1 Å². The summed E-state index contributed by atoms with van der Waals surface area (Å²) in [6, 6.07) is 7.59. The van der Waals surface area contributed by atoms with Gasteiger partial charge < -0.3 is 0 Å². The van der Waals surface area contributed by atoms with Crippen LogP contribution in [0.2, 0.25) is 0 Å². The lowest BCUT2D eigenvalue weighted by atomic mass is 9.63. The molecular weight excluding hydrogens is 362 g/mol. The van der Waals surface area contributed by atoms with Gasteiger partial charge in [-0.3, -0.25) is 0 Å². The lowest BCUT2D eigenvalue weighted by Crippen LogP contribution is -2.30. The molecule has 4 atom stereocenters. The van der Waals surface area contributed by atoms with Gasteiger partial charge in [0.1, 0.15) is 11.6 Å². The Kier molecular flexibility index (Phi) is 6.37. The van der Waals surface area contributed by atoms with Crippen molar-refractivity contribution in [2.45, 2.75) is 77.6 Å². The lowest BCUT2D eigenvalue weighted by Gasteiger charge is -2.42. The third-order valence-electron chi connectivity index (χ3n) is 7.71. The van der Waals surface area contributed by atoms with Crippen molar-refractivity contribution in [1.29, 1.82) is 0 Å². The summed E-state index contributed by atoms with van der Waals surface area (Å²) < 4.78 is 29.6. The molecule has 2 saturated carbocycles. The lowest BCUT2D eigenvalue weighted by molar-refractivity contribution is 0.116. The van der Waals surface area contributed by atoms with Crippen molar-refractivity contribution in [2.75, 3.05) is 0 Å². The average molecular weight is 397 g/mol. The third kappa shape index (κ3) is 4.27. The molecule has 0 spiro atoms. The fourth-order valence-corrected chi connectivity index (χ4v) is 5.93. The van der Waals surface area contributed by atoms with Gasteiger partial charge in [0.15, 0.2) is 0 Å². The molecule has 0 N–H and O–H groups in total. The first-order valence-electron chi connectivity index (χ1n) is 11.6. The molecule has 156 valence electrons. The summed E-state index contributed by atoms with van der Waals surface area (Å²) in [5, 5.41) is 1.27. The summed E-state index contributed by atoms with van der Waals surface area (Å²) >= 11 is 0. The number of allylic oxidation sites excluding steroid dienone is 2. The number of hydrogen-bond acceptors (Lipinski definition) is 0. The first-order valence-corrected chi connectivity index (χ1v) is 11.6. The normalized spacial score (nSPS) is 27.4. The summed E-state index contributed by atoms with van der Waals surface area (Å²) in [7, 11) is 0. The van der Waals surface area contributed by atoms with Crippen LogP contribution in [-0.4, -0.2) is 0 Å². The monoisotopic (exact) mass is 396 g/mol. The fraction of sp³-hybridized carbons (Fsp3) is 0.556. The molecule has 0 amide bonds. The molecule has 2 fully saturated rings. The Hall–Kier alpha value is -1.70. The molecule has 0 aliphatic heterocycles. The molecule has 0 nitrogen and oxygen atoms in total. The van der Waals surface area contributed by atoms with Crippen LogP contribution in [0.15, 0.2) is 36.4 Å². The molecule has 0 saturated heterocycles. The van der Waals surface area contributed by atoms with Crippen LogP contribution in [0.5, 0.6) is 0 Å². The standard InChI is InChI=1S/C27H34F2/c1-3-5-6-7-25-26(28)17-23-16-22(12-13-24(23)27(25)29)21-11-10-19-14-18(4-2)8-9-20(19)15-21/h3,5,12-13,16-21H,4,6-11,14-15H2,1-2H3/b5-3+/t18?,19-,20?,21-/m1/s1. The van der Waals surface area contributed by atoms with Crippen LogP contribution in [-0.2, 0) is 6.42 Å². The van der Waals surface area contributed by atoms with Crippen LogP contribution in [0.3, 0.4) is 0 Å². The number of rotatable bonds is 5. The molecule has 0 radical (unpaired) electrons. The summed E-state index contributed by atoms with van der Waals surface area (Å²) in [6.07, 6.45) is 14.2. The van der Waals surface area contributed by atoms with E-state index in [2.05, 4.69) is 19.1 Å². The molecular formula is C27H34F2. The van der Waals surface area contributed by atoms with E-state index >= 15 is 0 Å². The number of halogens is 2. The molecule has 29 heavy (non-hydrogen) atoms. The maximum atomic E-state index is 15.0. The zero-order chi connectivity index (χ0) is 20.4. The zero-order valence-electron chi connectivity index (χ0n) is 17.9. The largest absolute Gasteiger partial charge is 0.207 e. The second-order valence-electron chi connectivity index (χ2n) is 9.36. The van der Waals surface area contributed by atoms with Crippen molar-refractivity contribution in [3.63, 3.8) is 0 Å². The maximum absolute atomic E-state index is 15.0. The van der Waals surface area contributed by atoms with Gasteiger partial charge >= 0.3 is 0 Å². The van der Waals surface area contributed by atoms with Crippen LogP contribution < -0.4 is 0 Å². The second kappa shape index (κ2) is 8.98. The fourth-order valence-electron chi connectivity index (χ4n) is 5.93. The van der Waals surface area contributed by atoms with Gasteiger partial charge in [0.2, 0.25) is 0 Å². The van der Waals surface area contributed by atoms with E-state index in [9.17, 15) is 8.78 Å². The van der Waals surface area contributed by atoms with Gasteiger partial charge in [0.25, 0.3) is 0 Å². The number of benzene rings is 2. The van der Waals surface area contributed by atoms with E-state index in [1.54, 1.807) is 6.07 Å². The van der Waals surface area contributed by atoms with E-state index in [0.717, 1.165) is 17.8 Å². The van der Waals surface area contributed by atoms with Crippen molar-refractivity contribution in [1.82, 2.24) is 0 Å². The van der Waals surface area contributed by atoms with Crippen molar-refractivity contribution in [2.24, 2.45) is 17.8 Å². The summed E-state index contributed by atoms with van der Waals surface area (Å²) in [5.74, 6) is 2.44. The second-order valence-corrected chi connectivity index (χ2v) is 9.36. The van der Waals surface area contributed by atoms with E-state index in [4.69, 9.17) is 0 Å². The van der Waals surface area contributed by atoms with Crippen molar-refractivity contribution in [3.8, 4) is 0 Å². The number of hydrogen-bond donors (Lipinski definition) is 0. The Morgan fingerprint density at radius 2 is 1.79 bits per heavy atom. The van der Waals surface area contributed by atoms with Gasteiger partial charge in [-0.2, -0.15) is 0 Å². The Labute approximate surface area is 174 Å². The summed E-state index contributed by atoms with van der Waals surface area (Å²) in [6.45, 7) is 4.26. The van der Waals surface area contributed by atoms with Crippen LogP contribution >= 0.6 is 0 Å². The highest BCUT2D eigenvalue weighted by Crippen LogP contribution is 2.48. The molecule has 2 heteroatoms. The molecule has 0 bridgehead atoms. The van der Waals surface area contributed by atoms with Crippen molar-refractivity contribution < 1.29 is 8.78 Å². The Bertz CT molecular complexity index is 882. The first kappa shape index (κ1) is 20.6. The predicted molar refractivity (Wildman–Crippen MR) is 118 cm³/mol. The number of fused-ring (bicyclic) bond motifs is 2. The van der Waals surface area contributed by atoms with Crippen molar-refractivity contribution >= 4 is 10.8 Å². The summed E-state index contributed by atoms with van der Waals surface area (Å²) in [4.78, 5) is 0. The molecule has 2 aromatic carbocycles. The van der Waals surface area contributed by atoms with E-state index < -0.39 is 5.82 Å². The van der Waals surface area contributed by atoms with Gasteiger partial charge in [-0.15, -0.1) is 0 Å². The molecule has 0 heterocycles. The minimum absolute atomic E-state index is 0.219. The topological polar surface area (TPSA) is 0 Å². The smallest absolute Gasteiger partial charge is 0.137 e. The van der Waals surface area contributed by atoms with Gasteiger partial charge in [-0.25, -0.2) is 8.78 Å². The SMILES string of the molecule is C/C=C/CCc1c(F)cc2cc([C@@H]3CC[C@@H]4CC(CC)CCC4C3)ccc2c1F. The zero-order valence-corrected chi connectivity index (χ0v) is 17.9. The molecule has 2 aliphatic carbocycles. The van der Waals surface area contributed by atoms with Crippen LogP contribution in [0.1, 0.15) is 82.3 Å². The molecule has 0 aromatic heterocycles. The molecule has 2 unspecified atom stereocenters. The summed E-state index contributed by atoms with van der Waals surface area (Å²) in [5.41, 5.74) is 1.49. The highest BCUT2D eigenvalue weighted by molar-refractivity contribution is 5.85. The Morgan fingerprint density at radius 3 is 2.59 bits per heavy atom. The van der Waals surface area contributed by atoms with E-state index in [0.29, 0.717) is 29.5 Å². The van der Waals surface area contributed by atoms with E-state index in [-0.39, 0.29) is 11.4 Å². The Morgan fingerprint density at radius 1 is 1.00 bits per heavy atom. The highest BCUT2D eigenvalue weighted by atomic mass is 19.1. The van der Waals surface area contributed by atoms with Crippen molar-refractivity contribution in [3.05, 3.63) is 59.2 Å². The third-order valence-corrected chi connectivity index (χ3v) is 7.71. The van der Waals surface area contributed by atoms with Crippen LogP contribution in [0, 0.1) is 29.4 Å². The maximum Gasteiger partial charge on any atom is 0.137 e. The molecule has 2 aromatic rings.